The Labute approximate surface area is 147 Å². The standard InChI is InChI=1S/C18H13N3O3S/c1-3-10-20-15-11-13(21(23)24)8-9-16(15)25-18(20)19-17(22)14-7-5-4-6-12(14)2/h1,4-9,11H,10H2,2H3. The molecule has 1 aromatic heterocycles. The SMILES string of the molecule is C#CCn1c(=NC(=O)c2ccccc2C)sc2ccc([N+](=O)[O-])cc21. The number of rotatable bonds is 3. The van der Waals surface area contributed by atoms with Gasteiger partial charge < -0.3 is 4.57 Å². The second-order valence-electron chi connectivity index (χ2n) is 5.32. The molecule has 25 heavy (non-hydrogen) atoms. The predicted molar refractivity (Wildman–Crippen MR) is 96.4 cm³/mol. The topological polar surface area (TPSA) is 77.5 Å². The molecule has 0 bridgehead atoms. The van der Waals surface area contributed by atoms with Gasteiger partial charge in [0.15, 0.2) is 4.80 Å². The zero-order valence-electron chi connectivity index (χ0n) is 13.3. The first-order valence-electron chi connectivity index (χ1n) is 7.37. The minimum absolute atomic E-state index is 0.0344. The molecular weight excluding hydrogens is 338 g/mol. The number of carbonyl (C=O) groups is 1. The summed E-state index contributed by atoms with van der Waals surface area (Å²) in [5, 5.41) is 11.0. The van der Waals surface area contributed by atoms with Gasteiger partial charge in [-0.3, -0.25) is 14.9 Å². The quantitative estimate of drug-likeness (QED) is 0.413. The van der Waals surface area contributed by atoms with E-state index in [-0.39, 0.29) is 18.1 Å². The van der Waals surface area contributed by atoms with Crippen molar-refractivity contribution in [2.45, 2.75) is 13.5 Å². The van der Waals surface area contributed by atoms with E-state index in [1.807, 2.05) is 19.1 Å². The van der Waals surface area contributed by atoms with Crippen molar-refractivity contribution >= 4 is 33.1 Å². The molecule has 2 aromatic carbocycles. The Morgan fingerprint density at radius 3 is 2.80 bits per heavy atom. The number of non-ortho nitro benzene ring substituents is 1. The summed E-state index contributed by atoms with van der Waals surface area (Å²) in [4.78, 5) is 27.7. The van der Waals surface area contributed by atoms with Crippen molar-refractivity contribution in [3.63, 3.8) is 0 Å². The monoisotopic (exact) mass is 351 g/mol. The molecule has 6 nitrogen and oxygen atoms in total. The molecule has 0 atom stereocenters. The van der Waals surface area contributed by atoms with E-state index in [0.29, 0.717) is 15.9 Å². The molecule has 1 heterocycles. The first kappa shape index (κ1) is 16.6. The number of thiazole rings is 1. The molecule has 124 valence electrons. The molecule has 0 aliphatic rings. The van der Waals surface area contributed by atoms with Crippen molar-refractivity contribution in [1.82, 2.24) is 4.57 Å². The Hall–Kier alpha value is -3.24. The first-order chi connectivity index (χ1) is 12.0. The summed E-state index contributed by atoms with van der Waals surface area (Å²) in [6.07, 6.45) is 5.42. The highest BCUT2D eigenvalue weighted by Crippen LogP contribution is 2.23. The average Bonchev–Trinajstić information content (AvgIpc) is 2.92. The zero-order valence-corrected chi connectivity index (χ0v) is 14.1. The first-order valence-corrected chi connectivity index (χ1v) is 8.19. The van der Waals surface area contributed by atoms with Crippen LogP contribution in [0.2, 0.25) is 0 Å². The van der Waals surface area contributed by atoms with E-state index in [4.69, 9.17) is 6.42 Å². The fourth-order valence-electron chi connectivity index (χ4n) is 2.46. The Morgan fingerprint density at radius 1 is 1.36 bits per heavy atom. The fourth-order valence-corrected chi connectivity index (χ4v) is 3.47. The van der Waals surface area contributed by atoms with Gasteiger partial charge in [-0.25, -0.2) is 0 Å². The number of fused-ring (bicyclic) bond motifs is 1. The van der Waals surface area contributed by atoms with Crippen LogP contribution in [0, 0.1) is 29.4 Å². The fraction of sp³-hybridized carbons (Fsp3) is 0.111. The summed E-state index contributed by atoms with van der Waals surface area (Å²) in [5.41, 5.74) is 1.90. The molecule has 0 unspecified atom stereocenters. The van der Waals surface area contributed by atoms with Crippen molar-refractivity contribution in [3.8, 4) is 12.3 Å². The normalized spacial score (nSPS) is 11.4. The van der Waals surface area contributed by atoms with Gasteiger partial charge in [-0.2, -0.15) is 4.99 Å². The van der Waals surface area contributed by atoms with Crippen LogP contribution in [-0.2, 0) is 6.54 Å². The third kappa shape index (κ3) is 3.20. The predicted octanol–water partition coefficient (Wildman–Crippen LogP) is 3.29. The van der Waals surface area contributed by atoms with Crippen LogP contribution < -0.4 is 4.80 Å². The highest BCUT2D eigenvalue weighted by atomic mass is 32.1. The molecule has 0 saturated carbocycles. The molecule has 0 radical (unpaired) electrons. The van der Waals surface area contributed by atoms with Crippen LogP contribution in [0.1, 0.15) is 15.9 Å². The van der Waals surface area contributed by atoms with E-state index in [2.05, 4.69) is 10.9 Å². The van der Waals surface area contributed by atoms with Gasteiger partial charge in [0.05, 0.1) is 21.7 Å². The van der Waals surface area contributed by atoms with Crippen molar-refractivity contribution in [1.29, 1.82) is 0 Å². The van der Waals surface area contributed by atoms with Gasteiger partial charge in [0, 0.05) is 17.7 Å². The third-order valence-electron chi connectivity index (χ3n) is 3.70. The second kappa shape index (κ2) is 6.71. The van der Waals surface area contributed by atoms with Gasteiger partial charge >= 0.3 is 0 Å². The van der Waals surface area contributed by atoms with Gasteiger partial charge in [-0.1, -0.05) is 35.5 Å². The van der Waals surface area contributed by atoms with Crippen molar-refractivity contribution in [2.75, 3.05) is 0 Å². The summed E-state index contributed by atoms with van der Waals surface area (Å²) in [6, 6.07) is 11.7. The maximum atomic E-state index is 12.5. The lowest BCUT2D eigenvalue weighted by atomic mass is 10.1. The number of aryl methyl sites for hydroxylation is 1. The number of terminal acetylenes is 1. The minimum atomic E-state index is -0.466. The van der Waals surface area contributed by atoms with Crippen molar-refractivity contribution < 1.29 is 9.72 Å². The molecule has 0 aliphatic heterocycles. The Kier molecular flexibility index (Phi) is 4.46. The summed E-state index contributed by atoms with van der Waals surface area (Å²) in [6.45, 7) is 2.01. The second-order valence-corrected chi connectivity index (χ2v) is 6.33. The molecule has 1 amide bonds. The van der Waals surface area contributed by atoms with E-state index in [1.54, 1.807) is 22.8 Å². The number of hydrogen-bond acceptors (Lipinski definition) is 4. The molecule has 0 fully saturated rings. The lowest BCUT2D eigenvalue weighted by Crippen LogP contribution is -2.16. The maximum absolute atomic E-state index is 12.5. The van der Waals surface area contributed by atoms with Crippen LogP contribution in [0.15, 0.2) is 47.5 Å². The third-order valence-corrected chi connectivity index (χ3v) is 4.76. The summed E-state index contributed by atoms with van der Waals surface area (Å²) >= 11 is 1.27. The molecule has 3 aromatic rings. The van der Waals surface area contributed by atoms with Crippen LogP contribution >= 0.6 is 11.3 Å². The van der Waals surface area contributed by atoms with Crippen LogP contribution in [0.25, 0.3) is 10.2 Å². The van der Waals surface area contributed by atoms with E-state index >= 15 is 0 Å². The molecule has 0 saturated heterocycles. The molecule has 0 N–H and O–H groups in total. The number of aromatic nitrogens is 1. The maximum Gasteiger partial charge on any atom is 0.279 e. The van der Waals surface area contributed by atoms with Gasteiger partial charge in [0.2, 0.25) is 0 Å². The summed E-state index contributed by atoms with van der Waals surface area (Å²) < 4.78 is 2.42. The van der Waals surface area contributed by atoms with E-state index in [9.17, 15) is 14.9 Å². The van der Waals surface area contributed by atoms with Crippen molar-refractivity contribution in [3.05, 3.63) is 68.5 Å². The van der Waals surface area contributed by atoms with Gasteiger partial charge in [0.1, 0.15) is 0 Å². The van der Waals surface area contributed by atoms with Gasteiger partial charge in [0.25, 0.3) is 11.6 Å². The molecule has 3 rings (SSSR count). The smallest absolute Gasteiger partial charge is 0.279 e. The summed E-state index contributed by atoms with van der Waals surface area (Å²) in [7, 11) is 0. The van der Waals surface area contributed by atoms with E-state index in [1.165, 1.54) is 23.5 Å². The van der Waals surface area contributed by atoms with Crippen LogP contribution in [-0.4, -0.2) is 15.4 Å². The highest BCUT2D eigenvalue weighted by Gasteiger charge is 2.13. The van der Waals surface area contributed by atoms with Crippen LogP contribution in [0.5, 0.6) is 0 Å². The van der Waals surface area contributed by atoms with Gasteiger partial charge in [-0.15, -0.1) is 6.42 Å². The number of nitro groups is 1. The zero-order chi connectivity index (χ0) is 18.0. The van der Waals surface area contributed by atoms with E-state index in [0.717, 1.165) is 10.3 Å². The average molecular weight is 351 g/mol. The van der Waals surface area contributed by atoms with Crippen LogP contribution in [0.4, 0.5) is 5.69 Å². The van der Waals surface area contributed by atoms with Crippen molar-refractivity contribution in [2.24, 2.45) is 4.99 Å². The number of nitrogens with zero attached hydrogens (tertiary/aromatic N) is 3. The highest BCUT2D eigenvalue weighted by molar-refractivity contribution is 7.16. The number of amides is 1. The molecular formula is C18H13N3O3S. The number of nitro benzene ring substituents is 1. The summed E-state index contributed by atoms with van der Waals surface area (Å²) in [5.74, 6) is 2.13. The largest absolute Gasteiger partial charge is 0.304 e. The Morgan fingerprint density at radius 2 is 2.12 bits per heavy atom. The lowest BCUT2D eigenvalue weighted by Gasteiger charge is -2.01. The van der Waals surface area contributed by atoms with E-state index < -0.39 is 4.92 Å². The Balaban J connectivity index is 2.20. The number of benzene rings is 2. The molecule has 0 spiro atoms. The lowest BCUT2D eigenvalue weighted by molar-refractivity contribution is -0.384. The molecule has 0 aliphatic carbocycles. The Bertz CT molecular complexity index is 1100. The number of carbonyl (C=O) groups excluding carboxylic acids is 1. The van der Waals surface area contributed by atoms with Crippen LogP contribution in [0.3, 0.4) is 0 Å². The molecule has 7 heteroatoms. The number of hydrogen-bond donors (Lipinski definition) is 0. The van der Waals surface area contributed by atoms with Gasteiger partial charge in [-0.05, 0) is 24.6 Å². The minimum Gasteiger partial charge on any atom is -0.304 e.